The maximum absolute atomic E-state index is 3.22. The number of rotatable bonds is 1. The van der Waals surface area contributed by atoms with Crippen molar-refractivity contribution in [1.29, 1.82) is 0 Å². The van der Waals surface area contributed by atoms with E-state index < -0.39 is 0 Å². The summed E-state index contributed by atoms with van der Waals surface area (Å²) in [4.78, 5) is 1.52. The van der Waals surface area contributed by atoms with E-state index in [4.69, 9.17) is 0 Å². The first kappa shape index (κ1) is 6.17. The summed E-state index contributed by atoms with van der Waals surface area (Å²) in [6.07, 6.45) is 1.18. The van der Waals surface area contributed by atoms with Crippen LogP contribution < -0.4 is 4.72 Å². The standard InChI is InChI=1S/C6H11NS/c1-3-6-5(2)4-7-8-6/h7H,3-4H2,1-2H3. The van der Waals surface area contributed by atoms with Crippen molar-refractivity contribution < 1.29 is 0 Å². The van der Waals surface area contributed by atoms with E-state index in [1.54, 1.807) is 11.9 Å². The van der Waals surface area contributed by atoms with Crippen molar-refractivity contribution in [1.82, 2.24) is 4.72 Å². The topological polar surface area (TPSA) is 12.0 Å². The molecule has 1 heterocycles. The predicted molar refractivity (Wildman–Crippen MR) is 38.6 cm³/mol. The van der Waals surface area contributed by atoms with Crippen molar-refractivity contribution >= 4 is 11.9 Å². The van der Waals surface area contributed by atoms with E-state index >= 15 is 0 Å². The lowest BCUT2D eigenvalue weighted by molar-refractivity contribution is 1.06. The maximum Gasteiger partial charge on any atom is 0.0280 e. The van der Waals surface area contributed by atoms with Gasteiger partial charge in [-0.2, -0.15) is 0 Å². The minimum Gasteiger partial charge on any atom is -0.256 e. The van der Waals surface area contributed by atoms with Gasteiger partial charge in [0.2, 0.25) is 0 Å². The Kier molecular flexibility index (Phi) is 1.97. The van der Waals surface area contributed by atoms with Crippen LogP contribution in [0.2, 0.25) is 0 Å². The fourth-order valence-corrected chi connectivity index (χ4v) is 1.64. The first-order valence-electron chi connectivity index (χ1n) is 2.93. The molecule has 0 radical (unpaired) electrons. The van der Waals surface area contributed by atoms with Gasteiger partial charge in [0.05, 0.1) is 0 Å². The van der Waals surface area contributed by atoms with Crippen LogP contribution >= 0.6 is 11.9 Å². The Hall–Kier alpha value is 0.0500. The summed E-state index contributed by atoms with van der Waals surface area (Å²) >= 11 is 1.78. The normalized spacial score (nSPS) is 20.2. The van der Waals surface area contributed by atoms with Crippen molar-refractivity contribution in [2.24, 2.45) is 0 Å². The molecule has 0 saturated carbocycles. The molecule has 1 aliphatic heterocycles. The average molecular weight is 129 g/mol. The molecule has 1 N–H and O–H groups in total. The van der Waals surface area contributed by atoms with E-state index in [-0.39, 0.29) is 0 Å². The molecular weight excluding hydrogens is 118 g/mol. The summed E-state index contributed by atoms with van der Waals surface area (Å²) in [5.41, 5.74) is 1.51. The van der Waals surface area contributed by atoms with E-state index in [0.29, 0.717) is 0 Å². The average Bonchev–Trinajstić information content (AvgIpc) is 2.14. The van der Waals surface area contributed by atoms with Gasteiger partial charge in [0.25, 0.3) is 0 Å². The zero-order valence-electron chi connectivity index (χ0n) is 5.32. The highest BCUT2D eigenvalue weighted by molar-refractivity contribution is 8.01. The van der Waals surface area contributed by atoms with Crippen LogP contribution in [0.4, 0.5) is 0 Å². The van der Waals surface area contributed by atoms with Crippen molar-refractivity contribution in [3.05, 3.63) is 10.5 Å². The monoisotopic (exact) mass is 129 g/mol. The second-order valence-corrected chi connectivity index (χ2v) is 2.97. The first-order valence-corrected chi connectivity index (χ1v) is 3.74. The Morgan fingerprint density at radius 3 is 2.75 bits per heavy atom. The summed E-state index contributed by atoms with van der Waals surface area (Å²) in [5.74, 6) is 0. The molecule has 0 fully saturated rings. The van der Waals surface area contributed by atoms with Gasteiger partial charge < -0.3 is 0 Å². The van der Waals surface area contributed by atoms with Crippen LogP contribution in [0.15, 0.2) is 10.5 Å². The number of nitrogens with one attached hydrogen (secondary N) is 1. The molecular formula is C6H11NS. The van der Waals surface area contributed by atoms with Gasteiger partial charge in [-0.05, 0) is 30.9 Å². The smallest absolute Gasteiger partial charge is 0.0280 e. The lowest BCUT2D eigenvalue weighted by Gasteiger charge is -1.91. The molecule has 0 atom stereocenters. The SMILES string of the molecule is CCC1=C(C)CNS1. The molecule has 0 spiro atoms. The molecule has 46 valence electrons. The van der Waals surface area contributed by atoms with Gasteiger partial charge in [0.15, 0.2) is 0 Å². The minimum atomic E-state index is 1.08. The van der Waals surface area contributed by atoms with Gasteiger partial charge in [0, 0.05) is 11.4 Å². The molecule has 0 bridgehead atoms. The molecule has 0 amide bonds. The zero-order chi connectivity index (χ0) is 5.98. The second kappa shape index (κ2) is 2.55. The Balaban J connectivity index is 2.58. The quantitative estimate of drug-likeness (QED) is 0.543. The van der Waals surface area contributed by atoms with E-state index in [1.165, 1.54) is 16.9 Å². The fraction of sp³-hybridized carbons (Fsp3) is 0.667. The van der Waals surface area contributed by atoms with Crippen molar-refractivity contribution in [3.8, 4) is 0 Å². The van der Waals surface area contributed by atoms with Crippen LogP contribution in [-0.2, 0) is 0 Å². The molecule has 1 rings (SSSR count). The molecule has 0 aromatic rings. The van der Waals surface area contributed by atoms with Crippen molar-refractivity contribution in [2.45, 2.75) is 20.3 Å². The fourth-order valence-electron chi connectivity index (χ4n) is 0.791. The largest absolute Gasteiger partial charge is 0.256 e. The summed E-state index contributed by atoms with van der Waals surface area (Å²) < 4.78 is 3.22. The molecule has 0 aromatic heterocycles. The van der Waals surface area contributed by atoms with E-state index in [0.717, 1.165) is 6.54 Å². The van der Waals surface area contributed by atoms with Gasteiger partial charge >= 0.3 is 0 Å². The number of allylic oxidation sites excluding steroid dienone is 1. The van der Waals surface area contributed by atoms with E-state index in [1.807, 2.05) is 0 Å². The van der Waals surface area contributed by atoms with Crippen LogP contribution in [0.3, 0.4) is 0 Å². The third kappa shape index (κ3) is 1.06. The number of hydrogen-bond donors (Lipinski definition) is 1. The predicted octanol–water partition coefficient (Wildman–Crippen LogP) is 1.92. The number of hydrogen-bond acceptors (Lipinski definition) is 2. The third-order valence-corrected chi connectivity index (χ3v) is 2.50. The highest BCUT2D eigenvalue weighted by Gasteiger charge is 2.07. The Bertz CT molecular complexity index is 118. The summed E-state index contributed by atoms with van der Waals surface area (Å²) in [7, 11) is 0. The summed E-state index contributed by atoms with van der Waals surface area (Å²) in [6.45, 7) is 5.46. The summed E-state index contributed by atoms with van der Waals surface area (Å²) in [5, 5.41) is 0. The Morgan fingerprint density at radius 2 is 2.50 bits per heavy atom. The van der Waals surface area contributed by atoms with Crippen LogP contribution in [0, 0.1) is 0 Å². The molecule has 0 aromatic carbocycles. The van der Waals surface area contributed by atoms with Crippen molar-refractivity contribution in [2.75, 3.05) is 6.54 Å². The van der Waals surface area contributed by atoms with E-state index in [9.17, 15) is 0 Å². The molecule has 0 saturated heterocycles. The Labute approximate surface area is 54.7 Å². The lowest BCUT2D eigenvalue weighted by atomic mass is 10.2. The van der Waals surface area contributed by atoms with Gasteiger partial charge in [-0.1, -0.05) is 6.92 Å². The second-order valence-electron chi connectivity index (χ2n) is 1.98. The first-order chi connectivity index (χ1) is 3.84. The van der Waals surface area contributed by atoms with Gasteiger partial charge in [-0.3, -0.25) is 4.72 Å². The highest BCUT2D eigenvalue weighted by Crippen LogP contribution is 2.25. The Morgan fingerprint density at radius 1 is 1.75 bits per heavy atom. The van der Waals surface area contributed by atoms with E-state index in [2.05, 4.69) is 18.6 Å². The van der Waals surface area contributed by atoms with Crippen LogP contribution in [0.25, 0.3) is 0 Å². The molecule has 0 aliphatic carbocycles. The van der Waals surface area contributed by atoms with Gasteiger partial charge in [-0.15, -0.1) is 0 Å². The zero-order valence-corrected chi connectivity index (χ0v) is 6.14. The molecule has 1 nitrogen and oxygen atoms in total. The highest BCUT2D eigenvalue weighted by atomic mass is 32.2. The van der Waals surface area contributed by atoms with Gasteiger partial charge in [-0.25, -0.2) is 0 Å². The van der Waals surface area contributed by atoms with Crippen LogP contribution in [0.5, 0.6) is 0 Å². The molecule has 8 heavy (non-hydrogen) atoms. The molecule has 1 aliphatic rings. The molecule has 2 heteroatoms. The van der Waals surface area contributed by atoms with Crippen LogP contribution in [0.1, 0.15) is 20.3 Å². The van der Waals surface area contributed by atoms with Crippen LogP contribution in [-0.4, -0.2) is 6.54 Å². The lowest BCUT2D eigenvalue weighted by Crippen LogP contribution is -1.96. The van der Waals surface area contributed by atoms with Crippen molar-refractivity contribution in [3.63, 3.8) is 0 Å². The summed E-state index contributed by atoms with van der Waals surface area (Å²) in [6, 6.07) is 0. The third-order valence-electron chi connectivity index (χ3n) is 1.33. The maximum atomic E-state index is 3.22. The van der Waals surface area contributed by atoms with Gasteiger partial charge in [0.1, 0.15) is 0 Å². The minimum absolute atomic E-state index is 1.08. The molecule has 0 unspecified atom stereocenters.